The van der Waals surface area contributed by atoms with E-state index in [1.165, 1.54) is 32.1 Å². The summed E-state index contributed by atoms with van der Waals surface area (Å²) in [5, 5.41) is 3.50. The first kappa shape index (κ1) is 13.0. The van der Waals surface area contributed by atoms with Crippen LogP contribution in [0.2, 0.25) is 0 Å². The molecule has 0 aromatic rings. The van der Waals surface area contributed by atoms with Crippen molar-refractivity contribution in [2.75, 3.05) is 13.2 Å². The number of rotatable bonds is 6. The predicted octanol–water partition coefficient (Wildman–Crippen LogP) is 2.97. The van der Waals surface area contributed by atoms with Gasteiger partial charge in [-0.05, 0) is 25.3 Å². The molecule has 1 atom stereocenters. The summed E-state index contributed by atoms with van der Waals surface area (Å²) in [6, 6.07) is 0.525. The third-order valence-electron chi connectivity index (χ3n) is 3.33. The second kappa shape index (κ2) is 7.24. The molecular weight excluding hydrogens is 186 g/mol. The van der Waals surface area contributed by atoms with Crippen LogP contribution in [0.4, 0.5) is 0 Å². The summed E-state index contributed by atoms with van der Waals surface area (Å²) in [5.41, 5.74) is 0. The maximum atomic E-state index is 6.00. The fourth-order valence-electron chi connectivity index (χ4n) is 2.22. The Bertz CT molecular complexity index is 153. The Morgan fingerprint density at radius 2 is 1.87 bits per heavy atom. The van der Waals surface area contributed by atoms with Gasteiger partial charge in [0.05, 0.1) is 12.7 Å². The summed E-state index contributed by atoms with van der Waals surface area (Å²) in [5.74, 6) is 0.661. The molecule has 1 rings (SSSR count). The maximum absolute atomic E-state index is 6.00. The number of hydrogen-bond donors (Lipinski definition) is 1. The van der Waals surface area contributed by atoms with Crippen molar-refractivity contribution in [2.24, 2.45) is 5.92 Å². The lowest BCUT2D eigenvalue weighted by molar-refractivity contribution is 0.00959. The second-order valence-corrected chi connectivity index (χ2v) is 5.00. The third-order valence-corrected chi connectivity index (χ3v) is 3.33. The molecule has 0 saturated heterocycles. The molecule has 2 nitrogen and oxygen atoms in total. The van der Waals surface area contributed by atoms with Gasteiger partial charge in [-0.3, -0.25) is 0 Å². The van der Waals surface area contributed by atoms with Crippen molar-refractivity contribution in [1.82, 2.24) is 5.32 Å². The van der Waals surface area contributed by atoms with E-state index in [1.54, 1.807) is 0 Å². The molecule has 1 saturated carbocycles. The van der Waals surface area contributed by atoms with Gasteiger partial charge in [-0.1, -0.05) is 40.0 Å². The van der Waals surface area contributed by atoms with E-state index >= 15 is 0 Å². The first-order chi connectivity index (χ1) is 7.24. The van der Waals surface area contributed by atoms with E-state index < -0.39 is 0 Å². The molecule has 0 heterocycles. The Balaban J connectivity index is 2.19. The molecule has 1 N–H and O–H groups in total. The number of ether oxygens (including phenoxy) is 1. The minimum absolute atomic E-state index is 0.525. The lowest BCUT2D eigenvalue weighted by Gasteiger charge is -2.27. The molecule has 0 bridgehead atoms. The van der Waals surface area contributed by atoms with Crippen LogP contribution in [-0.4, -0.2) is 25.3 Å². The van der Waals surface area contributed by atoms with Crippen molar-refractivity contribution < 1.29 is 4.74 Å². The van der Waals surface area contributed by atoms with E-state index in [-0.39, 0.29) is 0 Å². The van der Waals surface area contributed by atoms with Crippen LogP contribution in [0.25, 0.3) is 0 Å². The largest absolute Gasteiger partial charge is 0.377 e. The van der Waals surface area contributed by atoms with E-state index in [0.29, 0.717) is 18.1 Å². The van der Waals surface area contributed by atoms with Gasteiger partial charge < -0.3 is 10.1 Å². The van der Waals surface area contributed by atoms with Gasteiger partial charge in [0.25, 0.3) is 0 Å². The van der Waals surface area contributed by atoms with Crippen LogP contribution in [0.5, 0.6) is 0 Å². The van der Waals surface area contributed by atoms with Crippen LogP contribution in [0.1, 0.15) is 52.9 Å². The average Bonchev–Trinajstić information content (AvgIpc) is 2.25. The Kier molecular flexibility index (Phi) is 6.26. The molecule has 0 aromatic carbocycles. The van der Waals surface area contributed by atoms with E-state index in [4.69, 9.17) is 4.74 Å². The third kappa shape index (κ3) is 4.98. The quantitative estimate of drug-likeness (QED) is 0.732. The van der Waals surface area contributed by atoms with Crippen LogP contribution in [0.3, 0.4) is 0 Å². The van der Waals surface area contributed by atoms with E-state index in [1.807, 2.05) is 0 Å². The fraction of sp³-hybridized carbons (Fsp3) is 1.00. The lowest BCUT2D eigenvalue weighted by atomic mass is 9.97. The zero-order valence-corrected chi connectivity index (χ0v) is 10.6. The van der Waals surface area contributed by atoms with E-state index in [9.17, 15) is 0 Å². The van der Waals surface area contributed by atoms with Gasteiger partial charge in [0.2, 0.25) is 0 Å². The van der Waals surface area contributed by atoms with Gasteiger partial charge in [-0.15, -0.1) is 0 Å². The van der Waals surface area contributed by atoms with Gasteiger partial charge in [-0.25, -0.2) is 0 Å². The first-order valence-electron chi connectivity index (χ1n) is 6.59. The molecule has 2 heteroatoms. The molecule has 0 radical (unpaired) electrons. The normalized spacial score (nSPS) is 20.8. The van der Waals surface area contributed by atoms with Crippen molar-refractivity contribution in [2.45, 2.75) is 65.0 Å². The second-order valence-electron chi connectivity index (χ2n) is 5.00. The summed E-state index contributed by atoms with van der Waals surface area (Å²) < 4.78 is 6.00. The smallest absolute Gasteiger partial charge is 0.0625 e. The summed E-state index contributed by atoms with van der Waals surface area (Å²) >= 11 is 0. The first-order valence-corrected chi connectivity index (χ1v) is 6.59. The number of likely N-dealkylation sites (N-methyl/N-ethyl adjacent to an activating group) is 1. The SMILES string of the molecule is CCNC(COC1CCCCC1)C(C)C. The van der Waals surface area contributed by atoms with Crippen LogP contribution in [0.15, 0.2) is 0 Å². The molecular formula is C13H27NO. The van der Waals surface area contributed by atoms with E-state index in [2.05, 4.69) is 26.1 Å². The summed E-state index contributed by atoms with van der Waals surface area (Å²) in [6.07, 6.45) is 7.21. The Labute approximate surface area is 94.8 Å². The molecule has 1 fully saturated rings. The lowest BCUT2D eigenvalue weighted by Crippen LogP contribution is -2.39. The summed E-state index contributed by atoms with van der Waals surface area (Å²) in [6.45, 7) is 8.61. The van der Waals surface area contributed by atoms with Gasteiger partial charge in [0.15, 0.2) is 0 Å². The van der Waals surface area contributed by atoms with Gasteiger partial charge in [0.1, 0.15) is 0 Å². The van der Waals surface area contributed by atoms with Crippen molar-refractivity contribution in [3.8, 4) is 0 Å². The Hall–Kier alpha value is -0.0800. The zero-order valence-electron chi connectivity index (χ0n) is 10.6. The molecule has 15 heavy (non-hydrogen) atoms. The van der Waals surface area contributed by atoms with E-state index in [0.717, 1.165) is 13.2 Å². The molecule has 90 valence electrons. The van der Waals surface area contributed by atoms with Crippen molar-refractivity contribution in [1.29, 1.82) is 0 Å². The van der Waals surface area contributed by atoms with Gasteiger partial charge in [0, 0.05) is 6.04 Å². The van der Waals surface area contributed by atoms with Crippen LogP contribution >= 0.6 is 0 Å². The monoisotopic (exact) mass is 213 g/mol. The molecule has 1 unspecified atom stereocenters. The minimum Gasteiger partial charge on any atom is -0.377 e. The van der Waals surface area contributed by atoms with Crippen molar-refractivity contribution >= 4 is 0 Å². The minimum atomic E-state index is 0.525. The van der Waals surface area contributed by atoms with Crippen molar-refractivity contribution in [3.63, 3.8) is 0 Å². The molecule has 0 aromatic heterocycles. The average molecular weight is 213 g/mol. The molecule has 0 amide bonds. The number of hydrogen-bond acceptors (Lipinski definition) is 2. The zero-order chi connectivity index (χ0) is 11.1. The van der Waals surface area contributed by atoms with Crippen LogP contribution < -0.4 is 5.32 Å². The molecule has 1 aliphatic carbocycles. The topological polar surface area (TPSA) is 21.3 Å². The molecule has 0 aliphatic heterocycles. The van der Waals surface area contributed by atoms with Crippen LogP contribution in [-0.2, 0) is 4.74 Å². The molecule has 0 spiro atoms. The Morgan fingerprint density at radius 1 is 1.20 bits per heavy atom. The van der Waals surface area contributed by atoms with Crippen LogP contribution in [0, 0.1) is 5.92 Å². The number of nitrogens with one attached hydrogen (secondary N) is 1. The van der Waals surface area contributed by atoms with Crippen molar-refractivity contribution in [3.05, 3.63) is 0 Å². The fourth-order valence-corrected chi connectivity index (χ4v) is 2.22. The predicted molar refractivity (Wildman–Crippen MR) is 65.1 cm³/mol. The highest BCUT2D eigenvalue weighted by atomic mass is 16.5. The standard InChI is InChI=1S/C13H27NO/c1-4-14-13(11(2)3)10-15-12-8-6-5-7-9-12/h11-14H,4-10H2,1-3H3. The van der Waals surface area contributed by atoms with Gasteiger partial charge in [-0.2, -0.15) is 0 Å². The highest BCUT2D eigenvalue weighted by Gasteiger charge is 2.17. The summed E-state index contributed by atoms with van der Waals surface area (Å²) in [4.78, 5) is 0. The summed E-state index contributed by atoms with van der Waals surface area (Å²) in [7, 11) is 0. The molecule has 1 aliphatic rings. The highest BCUT2D eigenvalue weighted by molar-refractivity contribution is 4.71. The highest BCUT2D eigenvalue weighted by Crippen LogP contribution is 2.20. The van der Waals surface area contributed by atoms with Gasteiger partial charge >= 0.3 is 0 Å². The maximum Gasteiger partial charge on any atom is 0.0625 e. The Morgan fingerprint density at radius 3 is 2.40 bits per heavy atom.